The average molecular weight is 293 g/mol. The second kappa shape index (κ2) is 5.63. The van der Waals surface area contributed by atoms with E-state index in [4.69, 9.17) is 11.6 Å². The molecule has 2 heterocycles. The Morgan fingerprint density at radius 1 is 1.00 bits per heavy atom. The number of anilines is 2. The van der Waals surface area contributed by atoms with Crippen molar-refractivity contribution in [2.45, 2.75) is 0 Å². The Balaban J connectivity index is 1.70. The number of hydrogen-bond donors (Lipinski definition) is 0. The number of para-hydroxylation sites is 1. The minimum Gasteiger partial charge on any atom is -0.366 e. The van der Waals surface area contributed by atoms with Crippen molar-refractivity contribution in [3.63, 3.8) is 0 Å². The van der Waals surface area contributed by atoms with E-state index in [9.17, 15) is 4.39 Å². The first-order valence-electron chi connectivity index (χ1n) is 6.46. The van der Waals surface area contributed by atoms with Crippen LogP contribution in [0.4, 0.5) is 15.9 Å². The van der Waals surface area contributed by atoms with E-state index < -0.39 is 0 Å². The number of halogens is 2. The maximum atomic E-state index is 13.8. The van der Waals surface area contributed by atoms with Gasteiger partial charge in [-0.15, -0.1) is 0 Å². The molecule has 0 unspecified atom stereocenters. The molecule has 0 amide bonds. The van der Waals surface area contributed by atoms with Gasteiger partial charge in [0.1, 0.15) is 16.8 Å². The molecule has 1 aliphatic rings. The maximum absolute atomic E-state index is 13.8. The summed E-state index contributed by atoms with van der Waals surface area (Å²) in [5.74, 6) is 0.592. The Morgan fingerprint density at radius 3 is 2.40 bits per heavy atom. The van der Waals surface area contributed by atoms with Crippen molar-refractivity contribution >= 4 is 23.1 Å². The van der Waals surface area contributed by atoms with E-state index >= 15 is 0 Å². The summed E-state index contributed by atoms with van der Waals surface area (Å²) < 4.78 is 13.8. The molecule has 1 saturated heterocycles. The third-order valence-electron chi connectivity index (χ3n) is 3.39. The molecule has 0 spiro atoms. The molecular formula is C14H14ClFN4. The van der Waals surface area contributed by atoms with Gasteiger partial charge >= 0.3 is 0 Å². The van der Waals surface area contributed by atoms with Gasteiger partial charge in [-0.2, -0.15) is 0 Å². The zero-order valence-electron chi connectivity index (χ0n) is 10.8. The summed E-state index contributed by atoms with van der Waals surface area (Å²) in [5.41, 5.74) is 0.657. The number of hydrogen-bond acceptors (Lipinski definition) is 4. The van der Waals surface area contributed by atoms with Gasteiger partial charge < -0.3 is 9.80 Å². The lowest BCUT2D eigenvalue weighted by Crippen LogP contribution is -2.47. The van der Waals surface area contributed by atoms with E-state index in [0.717, 1.165) is 32.0 Å². The van der Waals surface area contributed by atoms with Gasteiger partial charge in [-0.1, -0.05) is 23.7 Å². The number of nitrogens with zero attached hydrogens (tertiary/aromatic N) is 4. The highest BCUT2D eigenvalue weighted by atomic mass is 35.5. The minimum absolute atomic E-state index is 0.177. The Kier molecular flexibility index (Phi) is 3.69. The third-order valence-corrected chi connectivity index (χ3v) is 3.57. The summed E-state index contributed by atoms with van der Waals surface area (Å²) >= 11 is 5.85. The van der Waals surface area contributed by atoms with E-state index in [1.54, 1.807) is 12.3 Å². The summed E-state index contributed by atoms with van der Waals surface area (Å²) in [6.07, 6.45) is 3.21. The lowest BCUT2D eigenvalue weighted by molar-refractivity contribution is 0.596. The molecule has 1 aromatic carbocycles. The predicted molar refractivity (Wildman–Crippen MR) is 77.9 cm³/mol. The molecule has 0 aliphatic carbocycles. The maximum Gasteiger partial charge on any atom is 0.149 e. The molecule has 0 N–H and O–H groups in total. The van der Waals surface area contributed by atoms with Gasteiger partial charge in [0.25, 0.3) is 0 Å². The van der Waals surface area contributed by atoms with Crippen molar-refractivity contribution in [2.24, 2.45) is 0 Å². The zero-order chi connectivity index (χ0) is 13.9. The Labute approximate surface area is 121 Å². The second-order valence-corrected chi connectivity index (χ2v) is 5.01. The van der Waals surface area contributed by atoms with Crippen molar-refractivity contribution in [3.05, 3.63) is 47.6 Å². The summed E-state index contributed by atoms with van der Waals surface area (Å²) in [4.78, 5) is 12.4. The first-order chi connectivity index (χ1) is 9.74. The van der Waals surface area contributed by atoms with Crippen molar-refractivity contribution in [3.8, 4) is 0 Å². The molecule has 20 heavy (non-hydrogen) atoms. The van der Waals surface area contributed by atoms with Crippen molar-refractivity contribution in [2.75, 3.05) is 36.0 Å². The minimum atomic E-state index is -0.177. The first-order valence-corrected chi connectivity index (χ1v) is 6.84. The van der Waals surface area contributed by atoms with Crippen LogP contribution < -0.4 is 9.80 Å². The van der Waals surface area contributed by atoms with Crippen LogP contribution in [0.15, 0.2) is 36.7 Å². The molecular weight excluding hydrogens is 279 g/mol. The topological polar surface area (TPSA) is 32.3 Å². The van der Waals surface area contributed by atoms with Crippen LogP contribution in [0.1, 0.15) is 0 Å². The van der Waals surface area contributed by atoms with Gasteiger partial charge in [-0.05, 0) is 12.1 Å². The molecule has 0 bridgehead atoms. The molecule has 0 saturated carbocycles. The monoisotopic (exact) mass is 292 g/mol. The Hall–Kier alpha value is -1.88. The van der Waals surface area contributed by atoms with Crippen LogP contribution in [0.5, 0.6) is 0 Å². The first kappa shape index (κ1) is 13.1. The van der Waals surface area contributed by atoms with Crippen molar-refractivity contribution < 1.29 is 4.39 Å². The highest BCUT2D eigenvalue weighted by Gasteiger charge is 2.20. The number of aromatic nitrogens is 2. The lowest BCUT2D eigenvalue weighted by atomic mass is 10.2. The number of rotatable bonds is 2. The van der Waals surface area contributed by atoms with Gasteiger partial charge in [-0.25, -0.2) is 9.37 Å². The van der Waals surface area contributed by atoms with Gasteiger partial charge in [0.15, 0.2) is 0 Å². The fourth-order valence-electron chi connectivity index (χ4n) is 2.37. The highest BCUT2D eigenvalue weighted by molar-refractivity contribution is 6.29. The van der Waals surface area contributed by atoms with Crippen LogP contribution >= 0.6 is 11.6 Å². The molecule has 1 aliphatic heterocycles. The smallest absolute Gasteiger partial charge is 0.149 e. The second-order valence-electron chi connectivity index (χ2n) is 4.63. The van der Waals surface area contributed by atoms with Crippen molar-refractivity contribution in [1.82, 2.24) is 9.97 Å². The normalized spacial score (nSPS) is 15.5. The highest BCUT2D eigenvalue weighted by Crippen LogP contribution is 2.22. The van der Waals surface area contributed by atoms with Crippen LogP contribution in [0.25, 0.3) is 0 Å². The average Bonchev–Trinajstić information content (AvgIpc) is 2.48. The van der Waals surface area contributed by atoms with E-state index in [1.165, 1.54) is 12.3 Å². The standard InChI is InChI=1S/C14H14ClFN4/c15-13-9-17-10-14(18-13)20-7-5-19(6-8-20)12-4-2-1-3-11(12)16/h1-4,9-10H,5-8H2. The summed E-state index contributed by atoms with van der Waals surface area (Å²) in [7, 11) is 0. The molecule has 0 radical (unpaired) electrons. The quantitative estimate of drug-likeness (QED) is 0.852. The largest absolute Gasteiger partial charge is 0.366 e. The van der Waals surface area contributed by atoms with Crippen LogP contribution in [0, 0.1) is 5.82 Å². The van der Waals surface area contributed by atoms with E-state index in [2.05, 4.69) is 14.9 Å². The molecule has 4 nitrogen and oxygen atoms in total. The van der Waals surface area contributed by atoms with E-state index in [0.29, 0.717) is 10.8 Å². The summed E-state index contributed by atoms with van der Waals surface area (Å²) in [5, 5.41) is 0.388. The van der Waals surface area contributed by atoms with Gasteiger partial charge in [0, 0.05) is 26.2 Å². The van der Waals surface area contributed by atoms with Crippen LogP contribution in [-0.2, 0) is 0 Å². The molecule has 104 valence electrons. The van der Waals surface area contributed by atoms with E-state index in [-0.39, 0.29) is 5.82 Å². The molecule has 0 atom stereocenters. The Morgan fingerprint density at radius 2 is 1.70 bits per heavy atom. The fourth-order valence-corrected chi connectivity index (χ4v) is 2.51. The molecule has 1 aromatic heterocycles. The molecule has 1 fully saturated rings. The lowest BCUT2D eigenvalue weighted by Gasteiger charge is -2.36. The predicted octanol–water partition coefficient (Wildman–Crippen LogP) is 2.60. The van der Waals surface area contributed by atoms with Crippen LogP contribution in [0.3, 0.4) is 0 Å². The summed E-state index contributed by atoms with van der Waals surface area (Å²) in [6, 6.07) is 6.86. The van der Waals surface area contributed by atoms with Gasteiger partial charge in [0.2, 0.25) is 0 Å². The van der Waals surface area contributed by atoms with Gasteiger partial charge in [-0.3, -0.25) is 4.98 Å². The van der Waals surface area contributed by atoms with Crippen molar-refractivity contribution in [1.29, 1.82) is 0 Å². The molecule has 6 heteroatoms. The Bertz CT molecular complexity index is 599. The van der Waals surface area contributed by atoms with Crippen LogP contribution in [0.2, 0.25) is 5.15 Å². The SMILES string of the molecule is Fc1ccccc1N1CCN(c2cncc(Cl)n2)CC1. The summed E-state index contributed by atoms with van der Waals surface area (Å²) in [6.45, 7) is 3.02. The van der Waals surface area contributed by atoms with Crippen LogP contribution in [-0.4, -0.2) is 36.1 Å². The number of piperazine rings is 1. The number of benzene rings is 1. The van der Waals surface area contributed by atoms with E-state index in [1.807, 2.05) is 17.0 Å². The molecule has 2 aromatic rings. The zero-order valence-corrected chi connectivity index (χ0v) is 11.6. The molecule has 3 rings (SSSR count). The van der Waals surface area contributed by atoms with Gasteiger partial charge in [0.05, 0.1) is 18.1 Å². The third kappa shape index (κ3) is 2.67. The fraction of sp³-hybridized carbons (Fsp3) is 0.286.